The van der Waals surface area contributed by atoms with E-state index in [9.17, 15) is 0 Å². The van der Waals surface area contributed by atoms with Crippen LogP contribution in [0.15, 0.2) is 24.5 Å². The molecule has 1 N–H and O–H groups in total. The second kappa shape index (κ2) is 3.85. The van der Waals surface area contributed by atoms with Gasteiger partial charge in [0.15, 0.2) is 0 Å². The van der Waals surface area contributed by atoms with Crippen molar-refractivity contribution in [3.63, 3.8) is 0 Å². The van der Waals surface area contributed by atoms with Gasteiger partial charge in [0.05, 0.1) is 0 Å². The Balaban J connectivity index is 2.57. The monoisotopic (exact) mass is 163 g/mol. The Labute approximate surface area is 72.6 Å². The molecule has 0 aliphatic heterocycles. The SMILES string of the molecule is C=C(C)CNc1cc(C)ncn1. The van der Waals surface area contributed by atoms with Crippen LogP contribution in [0.1, 0.15) is 12.6 Å². The lowest BCUT2D eigenvalue weighted by Gasteiger charge is -2.04. The van der Waals surface area contributed by atoms with Gasteiger partial charge in [-0.15, -0.1) is 0 Å². The van der Waals surface area contributed by atoms with Gasteiger partial charge in [-0.1, -0.05) is 12.2 Å². The molecule has 0 saturated heterocycles. The smallest absolute Gasteiger partial charge is 0.129 e. The molecule has 1 rings (SSSR count). The van der Waals surface area contributed by atoms with Crippen molar-refractivity contribution in [1.82, 2.24) is 9.97 Å². The van der Waals surface area contributed by atoms with Gasteiger partial charge in [-0.05, 0) is 13.8 Å². The molecule has 64 valence electrons. The minimum absolute atomic E-state index is 0.760. The third-order valence-corrected chi connectivity index (χ3v) is 1.38. The van der Waals surface area contributed by atoms with Crippen molar-refractivity contribution in [2.75, 3.05) is 11.9 Å². The highest BCUT2D eigenvalue weighted by molar-refractivity contribution is 5.35. The van der Waals surface area contributed by atoms with Crippen LogP contribution in [0.5, 0.6) is 0 Å². The van der Waals surface area contributed by atoms with Crippen LogP contribution in [0, 0.1) is 6.92 Å². The Kier molecular flexibility index (Phi) is 2.80. The molecule has 0 unspecified atom stereocenters. The van der Waals surface area contributed by atoms with Crippen molar-refractivity contribution in [1.29, 1.82) is 0 Å². The van der Waals surface area contributed by atoms with Crippen LogP contribution in [0.3, 0.4) is 0 Å². The normalized spacial score (nSPS) is 9.50. The highest BCUT2D eigenvalue weighted by Crippen LogP contribution is 2.02. The Morgan fingerprint density at radius 2 is 2.33 bits per heavy atom. The van der Waals surface area contributed by atoms with Crippen LogP contribution >= 0.6 is 0 Å². The summed E-state index contributed by atoms with van der Waals surface area (Å²) in [5.74, 6) is 0.852. The second-order valence-electron chi connectivity index (χ2n) is 2.86. The van der Waals surface area contributed by atoms with Crippen LogP contribution in [0.2, 0.25) is 0 Å². The van der Waals surface area contributed by atoms with Crippen molar-refractivity contribution in [3.05, 3.63) is 30.2 Å². The first kappa shape index (κ1) is 8.71. The van der Waals surface area contributed by atoms with Gasteiger partial charge in [0.25, 0.3) is 0 Å². The predicted octanol–water partition coefficient (Wildman–Crippen LogP) is 1.77. The molecule has 1 aromatic rings. The number of nitrogens with zero attached hydrogens (tertiary/aromatic N) is 2. The zero-order valence-corrected chi connectivity index (χ0v) is 7.46. The van der Waals surface area contributed by atoms with Gasteiger partial charge in [-0.2, -0.15) is 0 Å². The van der Waals surface area contributed by atoms with E-state index in [1.54, 1.807) is 6.33 Å². The summed E-state index contributed by atoms with van der Waals surface area (Å²) in [6.45, 7) is 8.46. The molecular weight excluding hydrogens is 150 g/mol. The molecule has 0 aromatic carbocycles. The molecule has 3 nitrogen and oxygen atoms in total. The highest BCUT2D eigenvalue weighted by Gasteiger charge is 1.92. The van der Waals surface area contributed by atoms with Crippen LogP contribution in [-0.4, -0.2) is 16.5 Å². The highest BCUT2D eigenvalue weighted by atomic mass is 15.0. The van der Waals surface area contributed by atoms with Crippen LogP contribution in [0.4, 0.5) is 5.82 Å². The number of anilines is 1. The maximum Gasteiger partial charge on any atom is 0.129 e. The first-order chi connectivity index (χ1) is 5.68. The Morgan fingerprint density at radius 1 is 1.58 bits per heavy atom. The zero-order chi connectivity index (χ0) is 8.97. The summed E-state index contributed by atoms with van der Waals surface area (Å²) in [4.78, 5) is 8.04. The molecule has 0 aliphatic rings. The summed E-state index contributed by atoms with van der Waals surface area (Å²) in [7, 11) is 0. The van der Waals surface area contributed by atoms with E-state index in [4.69, 9.17) is 0 Å². The number of nitrogens with one attached hydrogen (secondary N) is 1. The van der Waals surface area contributed by atoms with Crippen molar-refractivity contribution >= 4 is 5.82 Å². The first-order valence-electron chi connectivity index (χ1n) is 3.85. The summed E-state index contributed by atoms with van der Waals surface area (Å²) in [6, 6.07) is 1.91. The average Bonchev–Trinajstić information content (AvgIpc) is 2.01. The Bertz CT molecular complexity index is 281. The molecule has 0 saturated carbocycles. The molecule has 0 aliphatic carbocycles. The summed E-state index contributed by atoms with van der Waals surface area (Å²) in [5.41, 5.74) is 2.06. The minimum Gasteiger partial charge on any atom is -0.366 e. The van der Waals surface area contributed by atoms with E-state index < -0.39 is 0 Å². The zero-order valence-electron chi connectivity index (χ0n) is 7.46. The molecule has 0 fully saturated rings. The molecule has 0 radical (unpaired) electrons. The summed E-state index contributed by atoms with van der Waals surface area (Å²) in [6.07, 6.45) is 1.55. The molecule has 1 heterocycles. The summed E-state index contributed by atoms with van der Waals surface area (Å²) >= 11 is 0. The number of aromatic nitrogens is 2. The van der Waals surface area contributed by atoms with Gasteiger partial charge in [0.2, 0.25) is 0 Å². The fourth-order valence-corrected chi connectivity index (χ4v) is 0.793. The molecule has 12 heavy (non-hydrogen) atoms. The van der Waals surface area contributed by atoms with Crippen molar-refractivity contribution in [2.24, 2.45) is 0 Å². The van der Waals surface area contributed by atoms with Gasteiger partial charge in [-0.25, -0.2) is 9.97 Å². The van der Waals surface area contributed by atoms with Crippen LogP contribution in [-0.2, 0) is 0 Å². The lowest BCUT2D eigenvalue weighted by atomic mass is 10.3. The summed E-state index contributed by atoms with van der Waals surface area (Å²) < 4.78 is 0. The maximum absolute atomic E-state index is 4.05. The quantitative estimate of drug-likeness (QED) is 0.690. The molecule has 3 heteroatoms. The molecule has 0 amide bonds. The lowest BCUT2D eigenvalue weighted by molar-refractivity contribution is 1.08. The number of rotatable bonds is 3. The van der Waals surface area contributed by atoms with E-state index in [1.807, 2.05) is 19.9 Å². The van der Waals surface area contributed by atoms with Gasteiger partial charge in [0.1, 0.15) is 12.1 Å². The lowest BCUT2D eigenvalue weighted by Crippen LogP contribution is -2.04. The molecule has 0 atom stereocenters. The molecular formula is C9H13N3. The van der Waals surface area contributed by atoms with E-state index >= 15 is 0 Å². The van der Waals surface area contributed by atoms with Crippen molar-refractivity contribution in [3.8, 4) is 0 Å². The largest absolute Gasteiger partial charge is 0.366 e. The van der Waals surface area contributed by atoms with Crippen LogP contribution in [0.25, 0.3) is 0 Å². The fourth-order valence-electron chi connectivity index (χ4n) is 0.793. The standard InChI is InChI=1S/C9H13N3/c1-7(2)5-10-9-4-8(3)11-6-12-9/h4,6H,1,5H2,2-3H3,(H,10,11,12). The number of hydrogen-bond donors (Lipinski definition) is 1. The van der Waals surface area contributed by atoms with Gasteiger partial charge in [-0.3, -0.25) is 0 Å². The number of aryl methyl sites for hydroxylation is 1. The third kappa shape index (κ3) is 2.70. The fraction of sp³-hybridized carbons (Fsp3) is 0.333. The molecule has 1 aromatic heterocycles. The first-order valence-corrected chi connectivity index (χ1v) is 3.85. The van der Waals surface area contributed by atoms with E-state index in [1.165, 1.54) is 0 Å². The molecule has 0 bridgehead atoms. The summed E-state index contributed by atoms with van der Waals surface area (Å²) in [5, 5.41) is 3.13. The van der Waals surface area contributed by atoms with Gasteiger partial charge in [0, 0.05) is 18.3 Å². The second-order valence-corrected chi connectivity index (χ2v) is 2.86. The van der Waals surface area contributed by atoms with Crippen LogP contribution < -0.4 is 5.32 Å². The van der Waals surface area contributed by atoms with E-state index in [2.05, 4.69) is 21.9 Å². The minimum atomic E-state index is 0.760. The average molecular weight is 163 g/mol. The molecule has 0 spiro atoms. The van der Waals surface area contributed by atoms with E-state index in [0.29, 0.717) is 0 Å². The van der Waals surface area contributed by atoms with Gasteiger partial charge >= 0.3 is 0 Å². The van der Waals surface area contributed by atoms with E-state index in [0.717, 1.165) is 23.6 Å². The Morgan fingerprint density at radius 3 is 2.92 bits per heavy atom. The Hall–Kier alpha value is -1.38. The van der Waals surface area contributed by atoms with E-state index in [-0.39, 0.29) is 0 Å². The van der Waals surface area contributed by atoms with Crippen molar-refractivity contribution < 1.29 is 0 Å². The van der Waals surface area contributed by atoms with Gasteiger partial charge < -0.3 is 5.32 Å². The topological polar surface area (TPSA) is 37.8 Å². The van der Waals surface area contributed by atoms with Crippen molar-refractivity contribution in [2.45, 2.75) is 13.8 Å². The third-order valence-electron chi connectivity index (χ3n) is 1.38. The maximum atomic E-state index is 4.05. The number of hydrogen-bond acceptors (Lipinski definition) is 3. The predicted molar refractivity (Wildman–Crippen MR) is 50.1 cm³/mol.